The number of nitrogens with zero attached hydrogens (tertiary/aromatic N) is 2. The van der Waals surface area contributed by atoms with Gasteiger partial charge in [-0.15, -0.1) is 0 Å². The van der Waals surface area contributed by atoms with Crippen molar-refractivity contribution in [1.29, 1.82) is 0 Å². The smallest absolute Gasteiger partial charge is 0.408 e. The highest BCUT2D eigenvalue weighted by atomic mass is 16.6. The van der Waals surface area contributed by atoms with Crippen molar-refractivity contribution in [3.63, 3.8) is 0 Å². The van der Waals surface area contributed by atoms with Crippen molar-refractivity contribution < 1.29 is 91.1 Å². The van der Waals surface area contributed by atoms with E-state index in [2.05, 4.69) is 53.2 Å². The second-order valence-corrected chi connectivity index (χ2v) is 28.5. The first-order chi connectivity index (χ1) is 50.2. The summed E-state index contributed by atoms with van der Waals surface area (Å²) < 4.78 is 28.6. The van der Waals surface area contributed by atoms with Gasteiger partial charge in [-0.25, -0.2) is 9.59 Å². The zero-order valence-electron chi connectivity index (χ0n) is 61.6. The second kappa shape index (κ2) is 38.4. The zero-order valence-corrected chi connectivity index (χ0v) is 61.6. The number of methoxy groups -OCH3 is 1. The molecule has 3 aliphatic heterocycles. The zero-order chi connectivity index (χ0) is 77.5. The van der Waals surface area contributed by atoms with E-state index in [1.165, 1.54) is 18.9 Å². The maximum absolute atomic E-state index is 15.3. The van der Waals surface area contributed by atoms with Crippen LogP contribution in [0.5, 0.6) is 5.75 Å². The van der Waals surface area contributed by atoms with E-state index in [9.17, 15) is 47.9 Å². The van der Waals surface area contributed by atoms with Crippen molar-refractivity contribution in [2.75, 3.05) is 46.4 Å². The van der Waals surface area contributed by atoms with Gasteiger partial charge < -0.3 is 91.8 Å². The fraction of sp³-hybridized carbons (Fsp3) is 0.507. The number of carbonyl (C=O) groups excluding carboxylic acids is 12. The largest absolute Gasteiger partial charge is 0.497 e. The summed E-state index contributed by atoms with van der Waals surface area (Å²) in [5.41, 5.74) is 0.666. The third kappa shape index (κ3) is 25.6. The van der Waals surface area contributed by atoms with Crippen molar-refractivity contribution in [3.8, 4) is 5.75 Å². The Kier molecular flexibility index (Phi) is 29.9. The average Bonchev–Trinajstić information content (AvgIpc) is 1.58. The quantitative estimate of drug-likeness (QED) is 0.0389. The maximum atomic E-state index is 15.3. The van der Waals surface area contributed by atoms with E-state index in [0.29, 0.717) is 40.8 Å². The number of hydrogen-bond acceptors (Lipinski definition) is 18. The third-order valence-corrected chi connectivity index (χ3v) is 17.7. The van der Waals surface area contributed by atoms with E-state index in [-0.39, 0.29) is 77.9 Å². The number of nitrogens with one attached hydrogen (secondary N) is 10. The Bertz CT molecular complexity index is 3770. The Hall–Kier alpha value is -10.7. The molecule has 3 heterocycles. The number of likely N-dealkylation sites (tertiary alicyclic amines) is 1. The number of amides is 12. The second-order valence-electron chi connectivity index (χ2n) is 28.5. The molecule has 0 spiro atoms. The lowest BCUT2D eigenvalue weighted by molar-refractivity contribution is -0.149. The molecular formula is C75H100N12O19. The van der Waals surface area contributed by atoms with Crippen LogP contribution >= 0.6 is 0 Å². The van der Waals surface area contributed by atoms with Crippen LogP contribution in [-0.2, 0) is 111 Å². The monoisotopic (exact) mass is 1470 g/mol. The van der Waals surface area contributed by atoms with Gasteiger partial charge in [-0.1, -0.05) is 91.0 Å². The summed E-state index contributed by atoms with van der Waals surface area (Å²) in [5.74, 6) is -8.04. The molecule has 0 aromatic heterocycles. The first-order valence-electron chi connectivity index (χ1n) is 35.3. The Morgan fingerprint density at radius 2 is 1.38 bits per heavy atom. The standard InChI is InChI=1S/C75H100N12O19/c1-45(81-72(101)104-43-50-16-12-11-13-17-50)64(93)84-56(41-80-71(100)106-74(6,7)8)66(95)82-54-38-51-18-14-19-52(36-51)40-78-59(89)44-103-57-31-35-86(60(90)42-79-65(54)94)63(57)68(97)85-62(46(2)105-73(3,4)5)67(96)83-55(37-48-24-26-53(102-10)27-25-48)69(98)87-34-15-32-75(87,9)70(99)76-33-30-47-20-22-49(23-21-47)39-77-58(88)28-29-61(91)92/h11-14,16-27,36,45-46,54-57,62-63H,15,28-35,37-44H2,1-10H3,(H,76,99)(H,77,88)(H,78,89)(H,79,94)(H,80,100)(H,81,101)(H,82,95)(H,83,96)(H,84,93)(H,85,97)(H,91,92)/t45-,46+,54-,55-,56+,57-,62-,63?,75-/m0/s1. The van der Waals surface area contributed by atoms with Gasteiger partial charge in [0.25, 0.3) is 0 Å². The van der Waals surface area contributed by atoms with Crippen LogP contribution in [0.2, 0.25) is 0 Å². The van der Waals surface area contributed by atoms with Crippen LogP contribution in [0, 0.1) is 0 Å². The fourth-order valence-corrected chi connectivity index (χ4v) is 12.3. The molecule has 31 nitrogen and oxygen atoms in total. The molecule has 0 radical (unpaired) electrons. The van der Waals surface area contributed by atoms with Gasteiger partial charge in [-0.3, -0.25) is 52.7 Å². The molecule has 11 N–H and O–H groups in total. The van der Waals surface area contributed by atoms with Crippen LogP contribution in [-0.4, -0.2) is 204 Å². The molecule has 574 valence electrons. The number of benzene rings is 4. The summed E-state index contributed by atoms with van der Waals surface area (Å²) in [7, 11) is 1.49. The van der Waals surface area contributed by atoms with Crippen molar-refractivity contribution in [2.45, 2.75) is 199 Å². The number of carboxylic acid groups (broad SMARTS) is 1. The van der Waals surface area contributed by atoms with Crippen LogP contribution in [0.1, 0.15) is 128 Å². The topological polar surface area (TPSA) is 415 Å². The molecule has 31 heteroatoms. The van der Waals surface area contributed by atoms with E-state index < -0.39 is 162 Å². The first-order valence-corrected chi connectivity index (χ1v) is 35.3. The molecule has 4 bridgehead atoms. The van der Waals surface area contributed by atoms with Gasteiger partial charge >= 0.3 is 18.2 Å². The number of ether oxygens (including phenoxy) is 5. The van der Waals surface area contributed by atoms with Gasteiger partial charge in [0, 0.05) is 52.0 Å². The Morgan fingerprint density at radius 1 is 0.698 bits per heavy atom. The van der Waals surface area contributed by atoms with Crippen LogP contribution in [0.4, 0.5) is 9.59 Å². The minimum atomic E-state index is -1.63. The van der Waals surface area contributed by atoms with Gasteiger partial charge in [0.2, 0.25) is 59.1 Å². The Morgan fingerprint density at radius 3 is 2.06 bits per heavy atom. The van der Waals surface area contributed by atoms with Crippen LogP contribution < -0.4 is 57.9 Å². The molecule has 106 heavy (non-hydrogen) atoms. The van der Waals surface area contributed by atoms with Crippen LogP contribution in [0.25, 0.3) is 0 Å². The number of alkyl carbamates (subject to hydrolysis) is 2. The Balaban J connectivity index is 1.10. The van der Waals surface area contributed by atoms with Crippen molar-refractivity contribution in [1.82, 2.24) is 63.0 Å². The Labute approximate surface area is 616 Å². The SMILES string of the molecule is COc1ccc(C[C@H](NC(=O)[C@@H](NC(=O)C2[C@@H]3CCN2C(=O)CNC(=O)[C@@H](NC(=O)[C@@H](CNC(=O)OC(C)(C)C)NC(=O)[C@H](C)NC(=O)OCc2ccccc2)Cc2cccc(c2)CNC(=O)CO3)[C@@H](C)OC(C)(C)C)C(=O)N2CCC[C@@]2(C)C(=O)NCCc2ccc(CNC(=O)CCC(=O)O)cc2)cc1. The minimum absolute atomic E-state index is 0.0141. The average molecular weight is 1470 g/mol. The predicted molar refractivity (Wildman–Crippen MR) is 384 cm³/mol. The van der Waals surface area contributed by atoms with Crippen molar-refractivity contribution >= 4 is 77.2 Å². The summed E-state index contributed by atoms with van der Waals surface area (Å²) in [6.07, 6.45) is -3.89. The predicted octanol–water partition coefficient (Wildman–Crippen LogP) is 2.42. The molecule has 4 aromatic carbocycles. The van der Waals surface area contributed by atoms with Crippen molar-refractivity contribution in [2.24, 2.45) is 0 Å². The van der Waals surface area contributed by atoms with E-state index in [4.69, 9.17) is 28.8 Å². The van der Waals surface area contributed by atoms with E-state index in [1.54, 1.807) is 134 Å². The molecule has 3 aliphatic rings. The number of hydrogen-bond donors (Lipinski definition) is 11. The van der Waals surface area contributed by atoms with Gasteiger partial charge in [0.05, 0.1) is 44.4 Å². The molecular weight excluding hydrogens is 1370 g/mol. The molecule has 7 rings (SSSR count). The summed E-state index contributed by atoms with van der Waals surface area (Å²) in [6, 6.07) is 20.6. The lowest BCUT2D eigenvalue weighted by Gasteiger charge is -2.37. The molecule has 12 amide bonds. The third-order valence-electron chi connectivity index (χ3n) is 17.7. The fourth-order valence-electron chi connectivity index (χ4n) is 12.3. The van der Waals surface area contributed by atoms with Gasteiger partial charge in [0.1, 0.15) is 66.4 Å². The van der Waals surface area contributed by atoms with E-state index in [1.807, 2.05) is 24.3 Å². The lowest BCUT2D eigenvalue weighted by atomic mass is 9.95. The highest BCUT2D eigenvalue weighted by molar-refractivity contribution is 5.99. The molecule has 0 aliphatic carbocycles. The van der Waals surface area contributed by atoms with Gasteiger partial charge in [-0.2, -0.15) is 0 Å². The van der Waals surface area contributed by atoms with Crippen LogP contribution in [0.3, 0.4) is 0 Å². The van der Waals surface area contributed by atoms with Crippen molar-refractivity contribution in [3.05, 3.63) is 137 Å². The number of aliphatic carboxylic acids is 1. The first kappa shape index (κ1) is 82.6. The molecule has 2 fully saturated rings. The van der Waals surface area contributed by atoms with Gasteiger partial charge in [0.15, 0.2) is 0 Å². The summed E-state index contributed by atoms with van der Waals surface area (Å²) in [5, 5.41) is 35.7. The molecule has 4 aromatic rings. The highest BCUT2D eigenvalue weighted by Crippen LogP contribution is 2.31. The maximum Gasteiger partial charge on any atom is 0.408 e. The van der Waals surface area contributed by atoms with Gasteiger partial charge in [-0.05, 0) is 134 Å². The molecule has 9 atom stereocenters. The minimum Gasteiger partial charge on any atom is -0.497 e. The highest BCUT2D eigenvalue weighted by Gasteiger charge is 2.49. The lowest BCUT2D eigenvalue weighted by Crippen LogP contribution is -2.64. The number of rotatable bonds is 28. The number of fused-ring (bicyclic) bond motifs is 4. The summed E-state index contributed by atoms with van der Waals surface area (Å²) in [4.78, 5) is 183. The van der Waals surface area contributed by atoms with E-state index >= 15 is 14.4 Å². The molecule has 0 saturated carbocycles. The van der Waals surface area contributed by atoms with E-state index in [0.717, 1.165) is 16.0 Å². The molecule has 1 unspecified atom stereocenters. The normalized spacial score (nSPS) is 19.2. The molecule has 2 saturated heterocycles. The number of carboxylic acids is 1. The van der Waals surface area contributed by atoms with Crippen LogP contribution in [0.15, 0.2) is 103 Å². The number of carbonyl (C=O) groups is 13. The summed E-state index contributed by atoms with van der Waals surface area (Å²) >= 11 is 0. The summed E-state index contributed by atoms with van der Waals surface area (Å²) in [6.45, 7) is 12.8.